The van der Waals surface area contributed by atoms with Crippen LogP contribution in [0.25, 0.3) is 0 Å². The van der Waals surface area contributed by atoms with Crippen LogP contribution in [0.15, 0.2) is 96.0 Å². The highest BCUT2D eigenvalue weighted by atomic mass is 15.3. The monoisotopic (exact) mass is 406 g/mol. The molecule has 4 aliphatic heterocycles. The van der Waals surface area contributed by atoms with Crippen molar-refractivity contribution in [2.75, 3.05) is 0 Å². The zero-order chi connectivity index (χ0) is 20.6. The van der Waals surface area contributed by atoms with E-state index in [0.717, 1.165) is 18.6 Å². The third-order valence-electron chi connectivity index (χ3n) is 7.75. The Bertz CT molecular complexity index is 990. The fourth-order valence-corrected chi connectivity index (χ4v) is 6.51. The van der Waals surface area contributed by atoms with Gasteiger partial charge in [0, 0.05) is 29.6 Å². The molecule has 0 N–H and O–H groups in total. The van der Waals surface area contributed by atoms with Crippen LogP contribution in [0.5, 0.6) is 0 Å². The van der Waals surface area contributed by atoms with Crippen LogP contribution in [0.1, 0.15) is 48.3 Å². The molecule has 3 aromatic carbocycles. The van der Waals surface area contributed by atoms with Crippen LogP contribution in [0.2, 0.25) is 0 Å². The van der Waals surface area contributed by atoms with E-state index in [4.69, 9.17) is 4.99 Å². The second-order valence-electron chi connectivity index (χ2n) is 9.47. The molecule has 5 atom stereocenters. The first-order valence-electron chi connectivity index (χ1n) is 11.8. The van der Waals surface area contributed by atoms with Gasteiger partial charge < -0.3 is 0 Å². The Morgan fingerprint density at radius 1 is 0.710 bits per heavy atom. The van der Waals surface area contributed by atoms with Crippen molar-refractivity contribution in [1.29, 1.82) is 0 Å². The van der Waals surface area contributed by atoms with E-state index < -0.39 is 0 Å². The number of hydrogen-bond acceptors (Lipinski definition) is 2. The maximum absolute atomic E-state index is 5.36. The van der Waals surface area contributed by atoms with Gasteiger partial charge in [-0.05, 0) is 42.4 Å². The lowest BCUT2D eigenvalue weighted by Crippen LogP contribution is -2.62. The van der Waals surface area contributed by atoms with Crippen molar-refractivity contribution in [1.82, 2.24) is 4.90 Å². The van der Waals surface area contributed by atoms with Gasteiger partial charge in [-0.1, -0.05) is 91.0 Å². The maximum Gasteiger partial charge on any atom is 0.0639 e. The Balaban J connectivity index is 1.46. The summed E-state index contributed by atoms with van der Waals surface area (Å²) < 4.78 is 0. The number of nitrogens with zero attached hydrogens (tertiary/aromatic N) is 2. The fraction of sp³-hybridized carbons (Fsp3) is 0.345. The van der Waals surface area contributed by atoms with Gasteiger partial charge in [-0.15, -0.1) is 0 Å². The second-order valence-corrected chi connectivity index (χ2v) is 9.47. The second kappa shape index (κ2) is 8.09. The van der Waals surface area contributed by atoms with E-state index in [1.165, 1.54) is 48.1 Å². The first-order valence-corrected chi connectivity index (χ1v) is 11.8. The van der Waals surface area contributed by atoms with Gasteiger partial charge in [0.2, 0.25) is 0 Å². The molecule has 0 amide bonds. The predicted octanol–water partition coefficient (Wildman–Crippen LogP) is 6.08. The topological polar surface area (TPSA) is 15.6 Å². The number of aliphatic imine (C=N–C) groups is 1. The molecule has 4 saturated heterocycles. The average molecular weight is 407 g/mol. The zero-order valence-corrected chi connectivity index (χ0v) is 18.0. The summed E-state index contributed by atoms with van der Waals surface area (Å²) in [6.45, 7) is 0.794. The lowest BCUT2D eigenvalue weighted by atomic mass is 9.70. The third-order valence-corrected chi connectivity index (χ3v) is 7.75. The molecule has 4 bridgehead atoms. The van der Waals surface area contributed by atoms with Gasteiger partial charge in [-0.2, -0.15) is 0 Å². The molecule has 0 radical (unpaired) electrons. The zero-order valence-electron chi connectivity index (χ0n) is 18.0. The van der Waals surface area contributed by atoms with Gasteiger partial charge in [-0.25, -0.2) is 0 Å². The van der Waals surface area contributed by atoms with E-state index in [0.29, 0.717) is 17.9 Å². The smallest absolute Gasteiger partial charge is 0.0639 e. The van der Waals surface area contributed by atoms with E-state index in [9.17, 15) is 0 Å². The largest absolute Gasteiger partial charge is 0.288 e. The summed E-state index contributed by atoms with van der Waals surface area (Å²) in [4.78, 5) is 8.24. The molecule has 7 rings (SSSR count). The normalized spacial score (nSPS) is 30.2. The van der Waals surface area contributed by atoms with Gasteiger partial charge in [-0.3, -0.25) is 9.89 Å². The van der Waals surface area contributed by atoms with Crippen molar-refractivity contribution in [3.63, 3.8) is 0 Å². The van der Waals surface area contributed by atoms with E-state index >= 15 is 0 Å². The SMILES string of the molecule is c1ccc(CN=C2C3C[C@H]4CC[C@@H](C3)N4C2C(c2ccccc2)c2ccccc2)cc1. The van der Waals surface area contributed by atoms with Crippen LogP contribution in [-0.4, -0.2) is 28.7 Å². The van der Waals surface area contributed by atoms with Gasteiger partial charge in [0.1, 0.15) is 0 Å². The summed E-state index contributed by atoms with van der Waals surface area (Å²) in [5, 5.41) is 0. The van der Waals surface area contributed by atoms with Crippen molar-refractivity contribution < 1.29 is 0 Å². The minimum absolute atomic E-state index is 0.336. The third kappa shape index (κ3) is 3.43. The molecule has 4 heterocycles. The Hall–Kier alpha value is -2.71. The fourth-order valence-electron chi connectivity index (χ4n) is 6.51. The Morgan fingerprint density at radius 2 is 1.23 bits per heavy atom. The molecular formula is C29H30N2. The number of rotatable bonds is 5. The van der Waals surface area contributed by atoms with Gasteiger partial charge >= 0.3 is 0 Å². The van der Waals surface area contributed by atoms with Crippen molar-refractivity contribution in [2.45, 2.75) is 56.3 Å². The minimum Gasteiger partial charge on any atom is -0.288 e. The molecule has 3 unspecified atom stereocenters. The van der Waals surface area contributed by atoms with E-state index in [1.807, 2.05) is 0 Å². The van der Waals surface area contributed by atoms with Crippen molar-refractivity contribution >= 4 is 5.71 Å². The minimum atomic E-state index is 0.336. The van der Waals surface area contributed by atoms with Crippen molar-refractivity contribution in [3.8, 4) is 0 Å². The molecule has 4 aliphatic rings. The summed E-state index contributed by atoms with van der Waals surface area (Å²) in [6.07, 6.45) is 5.33. The van der Waals surface area contributed by atoms with Crippen LogP contribution in [0.3, 0.4) is 0 Å². The molecule has 3 aromatic rings. The molecular weight excluding hydrogens is 376 g/mol. The molecule has 0 aromatic heterocycles. The maximum atomic E-state index is 5.36. The van der Waals surface area contributed by atoms with Crippen molar-refractivity contribution in [3.05, 3.63) is 108 Å². The van der Waals surface area contributed by atoms with Crippen LogP contribution >= 0.6 is 0 Å². The lowest BCUT2D eigenvalue weighted by Gasteiger charge is -2.54. The van der Waals surface area contributed by atoms with Crippen LogP contribution in [0, 0.1) is 5.92 Å². The Kier molecular flexibility index (Phi) is 4.96. The first kappa shape index (κ1) is 19.0. The number of fused-ring (bicyclic) bond motifs is 1. The van der Waals surface area contributed by atoms with E-state index in [2.05, 4.69) is 95.9 Å². The van der Waals surface area contributed by atoms with Gasteiger partial charge in [0.25, 0.3) is 0 Å². The molecule has 0 saturated carbocycles. The van der Waals surface area contributed by atoms with Gasteiger partial charge in [0.15, 0.2) is 0 Å². The van der Waals surface area contributed by atoms with E-state index in [-0.39, 0.29) is 0 Å². The predicted molar refractivity (Wildman–Crippen MR) is 127 cm³/mol. The summed E-state index contributed by atoms with van der Waals surface area (Å²) in [5.41, 5.74) is 5.59. The molecule has 2 heteroatoms. The Morgan fingerprint density at radius 3 is 1.77 bits per heavy atom. The number of hydrogen-bond donors (Lipinski definition) is 0. The summed E-state index contributed by atoms with van der Waals surface area (Å²) >= 11 is 0. The molecule has 4 fully saturated rings. The summed E-state index contributed by atoms with van der Waals surface area (Å²) in [6, 6.07) is 34.9. The number of piperidine rings is 3. The molecule has 156 valence electrons. The Labute approximate surface area is 185 Å². The highest BCUT2D eigenvalue weighted by Gasteiger charge is 2.54. The average Bonchev–Trinajstić information content (AvgIpc) is 3.13. The standard InChI is InChI=1S/C29H30N2/c1-4-10-21(11-5-1)20-30-28-24-18-25-16-17-26(19-24)31(25)29(28)27(22-12-6-2-7-13-22)23-14-8-3-9-15-23/h1-15,24-27,29H,16-20H2/t24?,25-,26+,29?. The van der Waals surface area contributed by atoms with Crippen LogP contribution in [0.4, 0.5) is 0 Å². The quantitative estimate of drug-likeness (QED) is 0.501. The molecule has 0 aliphatic carbocycles. The van der Waals surface area contributed by atoms with E-state index in [1.54, 1.807) is 0 Å². The first-order chi connectivity index (χ1) is 15.4. The molecule has 2 nitrogen and oxygen atoms in total. The summed E-state index contributed by atoms with van der Waals surface area (Å²) in [7, 11) is 0. The van der Waals surface area contributed by atoms with Crippen LogP contribution in [-0.2, 0) is 6.54 Å². The van der Waals surface area contributed by atoms with Crippen LogP contribution < -0.4 is 0 Å². The summed E-state index contributed by atoms with van der Waals surface area (Å²) in [5.74, 6) is 0.981. The number of benzene rings is 3. The molecule has 31 heavy (non-hydrogen) atoms. The highest BCUT2D eigenvalue weighted by molar-refractivity contribution is 5.95. The highest BCUT2D eigenvalue weighted by Crippen LogP contribution is 2.50. The van der Waals surface area contributed by atoms with Crippen molar-refractivity contribution in [2.24, 2.45) is 10.9 Å². The van der Waals surface area contributed by atoms with Gasteiger partial charge in [0.05, 0.1) is 12.6 Å². The molecule has 0 spiro atoms. The lowest BCUT2D eigenvalue weighted by molar-refractivity contribution is 0.0620.